The Morgan fingerprint density at radius 3 is 2.23 bits per heavy atom. The van der Waals surface area contributed by atoms with E-state index in [0.717, 1.165) is 17.5 Å². The van der Waals surface area contributed by atoms with E-state index < -0.39 is 0 Å². The number of rotatable bonds is 1. The average molecular weight is 348 g/mol. The third-order valence-corrected chi connectivity index (χ3v) is 5.20. The van der Waals surface area contributed by atoms with Gasteiger partial charge in [-0.05, 0) is 29.7 Å². The number of benzene rings is 2. The molecule has 0 atom stereocenters. The highest BCUT2D eigenvalue weighted by Crippen LogP contribution is 2.36. The van der Waals surface area contributed by atoms with Crippen molar-refractivity contribution in [1.82, 2.24) is 9.80 Å². The fourth-order valence-electron chi connectivity index (χ4n) is 3.78. The van der Waals surface area contributed by atoms with Crippen LogP contribution in [0.3, 0.4) is 0 Å². The van der Waals surface area contributed by atoms with Gasteiger partial charge in [0.25, 0.3) is 5.91 Å². The van der Waals surface area contributed by atoms with Gasteiger partial charge in [-0.2, -0.15) is 0 Å². The summed E-state index contributed by atoms with van der Waals surface area (Å²) in [5, 5.41) is 0. The van der Waals surface area contributed by atoms with Crippen molar-refractivity contribution in [2.24, 2.45) is 0 Å². The molecule has 5 heteroatoms. The van der Waals surface area contributed by atoms with E-state index in [1.165, 1.54) is 0 Å². The SMILES string of the molecule is CC(=O)N1CCCN(C(=O)c2ccc3c(c2)C(=O)c2ccccc2-3)CC1. The summed E-state index contributed by atoms with van der Waals surface area (Å²) in [7, 11) is 0. The van der Waals surface area contributed by atoms with E-state index in [9.17, 15) is 14.4 Å². The Hall–Kier alpha value is -2.95. The smallest absolute Gasteiger partial charge is 0.253 e. The highest BCUT2D eigenvalue weighted by Gasteiger charge is 2.28. The molecule has 132 valence electrons. The van der Waals surface area contributed by atoms with Crippen LogP contribution in [0, 0.1) is 0 Å². The van der Waals surface area contributed by atoms with Crippen LogP contribution in [0.2, 0.25) is 0 Å². The molecule has 0 bridgehead atoms. The van der Waals surface area contributed by atoms with Gasteiger partial charge in [0.05, 0.1) is 0 Å². The zero-order chi connectivity index (χ0) is 18.3. The van der Waals surface area contributed by atoms with Crippen molar-refractivity contribution in [3.63, 3.8) is 0 Å². The minimum atomic E-state index is -0.0815. The van der Waals surface area contributed by atoms with E-state index in [2.05, 4.69) is 0 Å². The summed E-state index contributed by atoms with van der Waals surface area (Å²) in [5.41, 5.74) is 3.64. The van der Waals surface area contributed by atoms with Crippen LogP contribution in [0.25, 0.3) is 11.1 Å². The van der Waals surface area contributed by atoms with Crippen LogP contribution < -0.4 is 0 Å². The standard InChI is InChI=1S/C21H20N2O3/c1-14(24)22-9-4-10-23(12-11-22)21(26)15-7-8-17-16-5-2-3-6-18(16)20(25)19(17)13-15/h2-3,5-8,13H,4,9-12H2,1H3. The monoisotopic (exact) mass is 348 g/mol. The molecule has 0 N–H and O–H groups in total. The fourth-order valence-corrected chi connectivity index (χ4v) is 3.78. The van der Waals surface area contributed by atoms with E-state index in [1.54, 1.807) is 28.9 Å². The molecule has 1 heterocycles. The molecular formula is C21H20N2O3. The van der Waals surface area contributed by atoms with Crippen LogP contribution >= 0.6 is 0 Å². The Kier molecular flexibility index (Phi) is 4.07. The lowest BCUT2D eigenvalue weighted by molar-refractivity contribution is -0.128. The van der Waals surface area contributed by atoms with Gasteiger partial charge in [-0.3, -0.25) is 14.4 Å². The second kappa shape index (κ2) is 6.41. The lowest BCUT2D eigenvalue weighted by Gasteiger charge is -2.21. The molecule has 0 saturated carbocycles. The highest BCUT2D eigenvalue weighted by atomic mass is 16.2. The predicted molar refractivity (Wildman–Crippen MR) is 98.1 cm³/mol. The number of hydrogen-bond acceptors (Lipinski definition) is 3. The topological polar surface area (TPSA) is 57.7 Å². The van der Waals surface area contributed by atoms with E-state index in [1.807, 2.05) is 30.3 Å². The van der Waals surface area contributed by atoms with Crippen LogP contribution in [0.1, 0.15) is 39.6 Å². The molecule has 4 rings (SSSR count). The Bertz CT molecular complexity index is 919. The largest absolute Gasteiger partial charge is 0.341 e. The zero-order valence-electron chi connectivity index (χ0n) is 14.7. The first-order valence-corrected chi connectivity index (χ1v) is 8.89. The van der Waals surface area contributed by atoms with Crippen molar-refractivity contribution in [2.45, 2.75) is 13.3 Å². The predicted octanol–water partition coefficient (Wildman–Crippen LogP) is 2.59. The fraction of sp³-hybridized carbons (Fsp3) is 0.286. The van der Waals surface area contributed by atoms with Crippen LogP contribution in [-0.4, -0.2) is 53.6 Å². The van der Waals surface area contributed by atoms with Crippen molar-refractivity contribution >= 4 is 17.6 Å². The summed E-state index contributed by atoms with van der Waals surface area (Å²) in [6.07, 6.45) is 0.765. The molecule has 2 aromatic carbocycles. The maximum absolute atomic E-state index is 12.9. The van der Waals surface area contributed by atoms with Gasteiger partial charge in [-0.1, -0.05) is 30.3 Å². The zero-order valence-corrected chi connectivity index (χ0v) is 14.7. The summed E-state index contributed by atoms with van der Waals surface area (Å²) >= 11 is 0. The molecular weight excluding hydrogens is 328 g/mol. The number of carbonyl (C=O) groups is 3. The summed E-state index contributed by atoms with van der Waals surface area (Å²) in [5.74, 6) is -0.0639. The Morgan fingerprint density at radius 2 is 1.46 bits per heavy atom. The Labute approximate surface area is 152 Å². The first-order valence-electron chi connectivity index (χ1n) is 8.89. The quantitative estimate of drug-likeness (QED) is 0.679. The molecule has 1 aliphatic carbocycles. The van der Waals surface area contributed by atoms with Crippen LogP contribution in [0.15, 0.2) is 42.5 Å². The van der Waals surface area contributed by atoms with Gasteiger partial charge in [-0.15, -0.1) is 0 Å². The summed E-state index contributed by atoms with van der Waals surface area (Å²) in [4.78, 5) is 40.7. The highest BCUT2D eigenvalue weighted by molar-refractivity contribution is 6.22. The molecule has 2 aromatic rings. The number of nitrogens with zero attached hydrogens (tertiary/aromatic N) is 2. The van der Waals surface area contributed by atoms with E-state index in [0.29, 0.717) is 42.9 Å². The molecule has 26 heavy (non-hydrogen) atoms. The van der Waals surface area contributed by atoms with E-state index in [4.69, 9.17) is 0 Å². The van der Waals surface area contributed by atoms with Gasteiger partial charge in [0.15, 0.2) is 5.78 Å². The lowest BCUT2D eigenvalue weighted by atomic mass is 10.0. The van der Waals surface area contributed by atoms with Crippen molar-refractivity contribution in [3.05, 3.63) is 59.2 Å². The molecule has 2 amide bonds. The maximum atomic E-state index is 12.9. The molecule has 1 fully saturated rings. The first kappa shape index (κ1) is 16.5. The van der Waals surface area contributed by atoms with Gasteiger partial charge in [0, 0.05) is 49.8 Å². The van der Waals surface area contributed by atoms with Crippen molar-refractivity contribution in [1.29, 1.82) is 0 Å². The number of ketones is 1. The molecule has 1 aliphatic heterocycles. The van der Waals surface area contributed by atoms with E-state index >= 15 is 0 Å². The molecule has 2 aliphatic rings. The maximum Gasteiger partial charge on any atom is 0.253 e. The Morgan fingerprint density at radius 1 is 0.808 bits per heavy atom. The number of amides is 2. The molecule has 1 saturated heterocycles. The second-order valence-electron chi connectivity index (χ2n) is 6.79. The minimum Gasteiger partial charge on any atom is -0.341 e. The molecule has 0 unspecified atom stereocenters. The Balaban J connectivity index is 1.59. The molecule has 0 radical (unpaired) electrons. The van der Waals surface area contributed by atoms with Crippen LogP contribution in [-0.2, 0) is 4.79 Å². The molecule has 0 spiro atoms. The first-order chi connectivity index (χ1) is 12.6. The van der Waals surface area contributed by atoms with Crippen molar-refractivity contribution < 1.29 is 14.4 Å². The van der Waals surface area contributed by atoms with Crippen molar-refractivity contribution in [3.8, 4) is 11.1 Å². The van der Waals surface area contributed by atoms with Gasteiger partial charge >= 0.3 is 0 Å². The third kappa shape index (κ3) is 2.69. The number of hydrogen-bond donors (Lipinski definition) is 0. The van der Waals surface area contributed by atoms with Gasteiger partial charge in [0.1, 0.15) is 0 Å². The minimum absolute atomic E-state index is 0.0242. The van der Waals surface area contributed by atoms with Crippen LogP contribution in [0.5, 0.6) is 0 Å². The van der Waals surface area contributed by atoms with Crippen LogP contribution in [0.4, 0.5) is 0 Å². The summed E-state index contributed by atoms with van der Waals surface area (Å²) in [6, 6.07) is 12.9. The summed E-state index contributed by atoms with van der Waals surface area (Å²) < 4.78 is 0. The van der Waals surface area contributed by atoms with Gasteiger partial charge in [-0.25, -0.2) is 0 Å². The van der Waals surface area contributed by atoms with E-state index in [-0.39, 0.29) is 17.6 Å². The van der Waals surface area contributed by atoms with Crippen molar-refractivity contribution in [2.75, 3.05) is 26.2 Å². The summed E-state index contributed by atoms with van der Waals surface area (Å²) in [6.45, 7) is 3.92. The molecule has 5 nitrogen and oxygen atoms in total. The van der Waals surface area contributed by atoms with Gasteiger partial charge < -0.3 is 9.80 Å². The number of fused-ring (bicyclic) bond motifs is 3. The molecule has 0 aromatic heterocycles. The average Bonchev–Trinajstić information content (AvgIpc) is 2.82. The lowest BCUT2D eigenvalue weighted by Crippen LogP contribution is -2.36. The second-order valence-corrected chi connectivity index (χ2v) is 6.79. The normalized spacial score (nSPS) is 16.1. The number of carbonyl (C=O) groups excluding carboxylic acids is 3. The van der Waals surface area contributed by atoms with Gasteiger partial charge in [0.2, 0.25) is 5.91 Å². The third-order valence-electron chi connectivity index (χ3n) is 5.20.